The summed E-state index contributed by atoms with van der Waals surface area (Å²) in [6, 6.07) is 20.0. The van der Waals surface area contributed by atoms with Crippen molar-refractivity contribution in [3.8, 4) is 11.5 Å². The second kappa shape index (κ2) is 14.7. The monoisotopic (exact) mass is 601 g/mol. The van der Waals surface area contributed by atoms with Gasteiger partial charge in [0.2, 0.25) is 21.8 Å². The first-order chi connectivity index (χ1) is 19.6. The Kier molecular flexibility index (Phi) is 11.4. The number of carbonyl (C=O) groups excluding carboxylic acids is 2. The molecule has 220 valence electrons. The van der Waals surface area contributed by atoms with Gasteiger partial charge in [-0.2, -0.15) is 0 Å². The van der Waals surface area contributed by atoms with Gasteiger partial charge in [0.15, 0.2) is 11.5 Å². The third-order valence-electron chi connectivity index (χ3n) is 6.45. The number of halogens is 1. The first kappa shape index (κ1) is 31.8. The third-order valence-corrected chi connectivity index (χ3v) is 7.96. The molecule has 3 aromatic rings. The normalized spacial score (nSPS) is 11.8. The van der Waals surface area contributed by atoms with E-state index in [1.165, 1.54) is 31.3 Å². The van der Waals surface area contributed by atoms with Crippen LogP contribution in [-0.2, 0) is 32.6 Å². The van der Waals surface area contributed by atoms with Crippen molar-refractivity contribution in [1.29, 1.82) is 0 Å². The molecule has 3 rings (SSSR count). The van der Waals surface area contributed by atoms with Crippen molar-refractivity contribution < 1.29 is 27.5 Å². The number of amides is 2. The lowest BCUT2D eigenvalue weighted by atomic mass is 10.0. The quantitative estimate of drug-likeness (QED) is 0.296. The molecule has 0 aliphatic heterocycles. The Bertz CT molecular complexity index is 1440. The largest absolute Gasteiger partial charge is 0.493 e. The van der Waals surface area contributed by atoms with E-state index >= 15 is 0 Å². The van der Waals surface area contributed by atoms with Crippen LogP contribution in [0.2, 0.25) is 5.02 Å². The van der Waals surface area contributed by atoms with Crippen molar-refractivity contribution in [1.82, 2.24) is 10.2 Å². The van der Waals surface area contributed by atoms with E-state index in [1.54, 1.807) is 30.3 Å². The summed E-state index contributed by atoms with van der Waals surface area (Å²) in [5.74, 6) is -0.197. The van der Waals surface area contributed by atoms with Crippen LogP contribution in [0.1, 0.15) is 24.5 Å². The summed E-state index contributed by atoms with van der Waals surface area (Å²) in [5.41, 5.74) is 1.69. The number of anilines is 1. The summed E-state index contributed by atoms with van der Waals surface area (Å²) in [4.78, 5) is 29.1. The van der Waals surface area contributed by atoms with Crippen LogP contribution in [0.5, 0.6) is 11.5 Å². The van der Waals surface area contributed by atoms with E-state index in [4.69, 9.17) is 21.1 Å². The molecule has 9 nitrogen and oxygen atoms in total. The summed E-state index contributed by atoms with van der Waals surface area (Å²) in [6.07, 6.45) is 1.95. The smallest absolute Gasteiger partial charge is 0.244 e. The summed E-state index contributed by atoms with van der Waals surface area (Å²) >= 11 is 6.47. The van der Waals surface area contributed by atoms with Gasteiger partial charge in [0.25, 0.3) is 0 Å². The third kappa shape index (κ3) is 8.61. The Morgan fingerprint density at radius 1 is 0.951 bits per heavy atom. The minimum atomic E-state index is -3.93. The van der Waals surface area contributed by atoms with Crippen LogP contribution in [0, 0.1) is 0 Å². The zero-order valence-electron chi connectivity index (χ0n) is 23.7. The van der Waals surface area contributed by atoms with Gasteiger partial charge in [-0.25, -0.2) is 8.42 Å². The SMILES string of the molecule is CCCNC(=O)[C@H](Cc1ccccc1)N(Cc1ccccc1Cl)C(=O)CN(c1ccc(OC)c(OC)c1)S(C)(=O)=O. The highest BCUT2D eigenvalue weighted by Crippen LogP contribution is 2.32. The van der Waals surface area contributed by atoms with Gasteiger partial charge in [-0.3, -0.25) is 13.9 Å². The lowest BCUT2D eigenvalue weighted by Gasteiger charge is -2.33. The van der Waals surface area contributed by atoms with E-state index < -0.39 is 28.5 Å². The van der Waals surface area contributed by atoms with Gasteiger partial charge in [-0.15, -0.1) is 0 Å². The number of rotatable bonds is 14. The molecule has 41 heavy (non-hydrogen) atoms. The van der Waals surface area contributed by atoms with Gasteiger partial charge >= 0.3 is 0 Å². The molecule has 0 spiro atoms. The number of methoxy groups -OCH3 is 2. The number of sulfonamides is 1. The predicted molar refractivity (Wildman–Crippen MR) is 161 cm³/mol. The molecular weight excluding hydrogens is 566 g/mol. The van der Waals surface area contributed by atoms with Crippen LogP contribution in [0.3, 0.4) is 0 Å². The Balaban J connectivity index is 2.07. The standard InChI is InChI=1S/C30H36ClN3O6S/c1-5-17-32-30(36)26(18-22-11-7-6-8-12-22)33(20-23-13-9-10-14-25(23)31)29(35)21-34(41(4,37)38)24-15-16-27(39-2)28(19-24)40-3/h6-16,19,26H,5,17-18,20-21H2,1-4H3,(H,32,36)/t26-/m0/s1. The van der Waals surface area contributed by atoms with Crippen molar-refractivity contribution in [2.75, 3.05) is 37.9 Å². The fourth-order valence-electron chi connectivity index (χ4n) is 4.32. The average Bonchev–Trinajstić information content (AvgIpc) is 2.96. The molecular formula is C30H36ClN3O6S. The number of ether oxygens (including phenoxy) is 2. The maximum absolute atomic E-state index is 14.1. The average molecular weight is 602 g/mol. The Morgan fingerprint density at radius 2 is 1.61 bits per heavy atom. The molecule has 0 radical (unpaired) electrons. The first-order valence-corrected chi connectivity index (χ1v) is 15.4. The van der Waals surface area contributed by atoms with E-state index in [0.717, 1.165) is 16.1 Å². The van der Waals surface area contributed by atoms with Crippen molar-refractivity contribution in [2.45, 2.75) is 32.4 Å². The van der Waals surface area contributed by atoms with Gasteiger partial charge < -0.3 is 19.7 Å². The van der Waals surface area contributed by atoms with Gasteiger partial charge in [-0.1, -0.05) is 67.1 Å². The van der Waals surface area contributed by atoms with Crippen LogP contribution in [0.25, 0.3) is 0 Å². The predicted octanol–water partition coefficient (Wildman–Crippen LogP) is 4.29. The highest BCUT2D eigenvalue weighted by molar-refractivity contribution is 7.92. The van der Waals surface area contributed by atoms with Crippen molar-refractivity contribution in [3.63, 3.8) is 0 Å². The second-order valence-electron chi connectivity index (χ2n) is 9.42. The van der Waals surface area contributed by atoms with E-state index in [2.05, 4.69) is 5.32 Å². The number of benzene rings is 3. The van der Waals surface area contributed by atoms with Crippen molar-refractivity contribution in [3.05, 3.63) is 88.9 Å². The lowest BCUT2D eigenvalue weighted by molar-refractivity contribution is -0.140. The maximum atomic E-state index is 14.1. The molecule has 0 aliphatic carbocycles. The van der Waals surface area contributed by atoms with Crippen LogP contribution < -0.4 is 19.1 Å². The van der Waals surface area contributed by atoms with Crippen molar-refractivity contribution >= 4 is 39.1 Å². The Hall–Kier alpha value is -3.76. The molecule has 1 N–H and O–H groups in total. The van der Waals surface area contributed by atoms with Gasteiger partial charge in [0, 0.05) is 30.6 Å². The first-order valence-electron chi connectivity index (χ1n) is 13.1. The minimum Gasteiger partial charge on any atom is -0.493 e. The molecule has 11 heteroatoms. The molecule has 3 aromatic carbocycles. The highest BCUT2D eigenvalue weighted by atomic mass is 35.5. The molecule has 2 amide bonds. The fraction of sp³-hybridized carbons (Fsp3) is 0.333. The molecule has 0 unspecified atom stereocenters. The van der Waals surface area contributed by atoms with Gasteiger partial charge in [0.1, 0.15) is 12.6 Å². The number of nitrogens with zero attached hydrogens (tertiary/aromatic N) is 2. The van der Waals surface area contributed by atoms with E-state index in [1.807, 2.05) is 37.3 Å². The highest BCUT2D eigenvalue weighted by Gasteiger charge is 2.33. The molecule has 0 aromatic heterocycles. The molecule has 0 fully saturated rings. The molecule has 0 bridgehead atoms. The van der Waals surface area contributed by atoms with Crippen molar-refractivity contribution in [2.24, 2.45) is 0 Å². The molecule has 0 saturated heterocycles. The molecule has 0 aliphatic rings. The summed E-state index contributed by atoms with van der Waals surface area (Å²) in [6.45, 7) is 1.82. The Labute approximate surface area is 247 Å². The lowest BCUT2D eigenvalue weighted by Crippen LogP contribution is -2.53. The van der Waals surface area contributed by atoms with Crippen LogP contribution in [0.4, 0.5) is 5.69 Å². The topological polar surface area (TPSA) is 105 Å². The minimum absolute atomic E-state index is 0.000905. The van der Waals surface area contributed by atoms with E-state index in [9.17, 15) is 18.0 Å². The zero-order chi connectivity index (χ0) is 30.0. The number of carbonyl (C=O) groups is 2. The van der Waals surface area contributed by atoms with Gasteiger partial charge in [0.05, 0.1) is 26.2 Å². The van der Waals surface area contributed by atoms with Crippen LogP contribution in [0.15, 0.2) is 72.8 Å². The van der Waals surface area contributed by atoms with E-state index in [-0.39, 0.29) is 24.6 Å². The summed E-state index contributed by atoms with van der Waals surface area (Å²) < 4.78 is 37.6. The molecule has 0 saturated carbocycles. The Morgan fingerprint density at radius 3 is 2.22 bits per heavy atom. The number of hydrogen-bond acceptors (Lipinski definition) is 6. The summed E-state index contributed by atoms with van der Waals surface area (Å²) in [5, 5.41) is 3.33. The van der Waals surface area contributed by atoms with E-state index in [0.29, 0.717) is 35.1 Å². The molecule has 0 heterocycles. The molecule has 1 atom stereocenters. The maximum Gasteiger partial charge on any atom is 0.244 e. The second-order valence-corrected chi connectivity index (χ2v) is 11.7. The summed E-state index contributed by atoms with van der Waals surface area (Å²) in [7, 11) is -1.02. The van der Waals surface area contributed by atoms with Crippen LogP contribution in [-0.4, -0.2) is 64.7 Å². The number of nitrogens with one attached hydrogen (secondary N) is 1. The zero-order valence-corrected chi connectivity index (χ0v) is 25.2. The number of hydrogen-bond donors (Lipinski definition) is 1. The van der Waals surface area contributed by atoms with Crippen LogP contribution >= 0.6 is 11.6 Å². The van der Waals surface area contributed by atoms with Gasteiger partial charge in [-0.05, 0) is 35.7 Å². The fourth-order valence-corrected chi connectivity index (χ4v) is 5.36.